The van der Waals surface area contributed by atoms with Gasteiger partial charge in [0.25, 0.3) is 0 Å². The van der Waals surface area contributed by atoms with Gasteiger partial charge in [-0.1, -0.05) is 13.8 Å². The fraction of sp³-hybridized carbons (Fsp3) is 0.947. The summed E-state index contributed by atoms with van der Waals surface area (Å²) in [5.74, 6) is 2.76. The first kappa shape index (κ1) is 17.9. The van der Waals surface area contributed by atoms with Crippen molar-refractivity contribution in [3.05, 3.63) is 0 Å². The third-order valence-corrected chi connectivity index (χ3v) is 9.10. The fourth-order valence-electron chi connectivity index (χ4n) is 7.25. The number of carbonyl (C=O) groups excluding carboxylic acids is 1. The molecule has 0 amide bonds. The van der Waals surface area contributed by atoms with Crippen LogP contribution in [0.5, 0.6) is 0 Å². The third kappa shape index (κ3) is 2.79. The molecule has 6 heteroatoms. The molecule has 4 rings (SSSR count). The molecule has 4 fully saturated rings. The van der Waals surface area contributed by atoms with E-state index in [1.807, 2.05) is 0 Å². The predicted molar refractivity (Wildman–Crippen MR) is 93.2 cm³/mol. The third-order valence-electron chi connectivity index (χ3n) is 8.58. The highest BCUT2D eigenvalue weighted by atomic mass is 32.3. The van der Waals surface area contributed by atoms with Gasteiger partial charge in [-0.25, -0.2) is 4.18 Å². The largest absolute Gasteiger partial charge is 0.397 e. The number of carbonyl (C=O) groups is 1. The molecule has 0 bridgehead atoms. The zero-order valence-corrected chi connectivity index (χ0v) is 16.1. The van der Waals surface area contributed by atoms with Crippen LogP contribution in [0.2, 0.25) is 0 Å². The van der Waals surface area contributed by atoms with E-state index in [4.69, 9.17) is 8.74 Å². The summed E-state index contributed by atoms with van der Waals surface area (Å²) in [6.07, 6.45) is 8.19. The van der Waals surface area contributed by atoms with Gasteiger partial charge in [-0.15, -0.1) is 0 Å². The second-order valence-electron chi connectivity index (χ2n) is 9.50. The van der Waals surface area contributed by atoms with Crippen LogP contribution in [-0.4, -0.2) is 24.9 Å². The molecule has 4 saturated carbocycles. The van der Waals surface area contributed by atoms with Crippen molar-refractivity contribution in [1.29, 1.82) is 0 Å². The van der Waals surface area contributed by atoms with Crippen LogP contribution in [0.25, 0.3) is 0 Å². The lowest BCUT2D eigenvalue weighted by Crippen LogP contribution is -2.54. The second-order valence-corrected chi connectivity index (χ2v) is 10.5. The number of hydrogen-bond donors (Lipinski definition) is 1. The Morgan fingerprint density at radius 3 is 2.52 bits per heavy atom. The van der Waals surface area contributed by atoms with Crippen molar-refractivity contribution in [3.8, 4) is 0 Å². The van der Waals surface area contributed by atoms with Crippen LogP contribution in [-0.2, 0) is 19.4 Å². The lowest BCUT2D eigenvalue weighted by molar-refractivity contribution is -0.141. The molecular formula is C19H30O5S. The van der Waals surface area contributed by atoms with E-state index in [1.54, 1.807) is 0 Å². The summed E-state index contributed by atoms with van der Waals surface area (Å²) in [5.41, 5.74) is 0.130. The van der Waals surface area contributed by atoms with Crippen LogP contribution in [0.15, 0.2) is 0 Å². The van der Waals surface area contributed by atoms with Gasteiger partial charge >= 0.3 is 10.4 Å². The quantitative estimate of drug-likeness (QED) is 0.748. The van der Waals surface area contributed by atoms with E-state index in [9.17, 15) is 13.2 Å². The van der Waals surface area contributed by atoms with Crippen molar-refractivity contribution in [2.45, 2.75) is 77.7 Å². The normalized spacial score (nSPS) is 50.0. The maximum absolute atomic E-state index is 12.4. The molecule has 0 aliphatic heterocycles. The van der Waals surface area contributed by atoms with Crippen LogP contribution in [0.1, 0.15) is 71.6 Å². The Labute approximate surface area is 150 Å². The molecule has 7 atom stereocenters. The predicted octanol–water partition coefficient (Wildman–Crippen LogP) is 3.79. The smallest absolute Gasteiger partial charge is 0.299 e. The Kier molecular flexibility index (Phi) is 4.14. The lowest BCUT2D eigenvalue weighted by atomic mass is 9.45. The first-order valence-corrected chi connectivity index (χ1v) is 11.2. The van der Waals surface area contributed by atoms with Gasteiger partial charge in [0.1, 0.15) is 5.78 Å². The summed E-state index contributed by atoms with van der Waals surface area (Å²) in [6, 6.07) is 0. The highest BCUT2D eigenvalue weighted by Gasteiger charge is 2.60. The Balaban J connectivity index is 1.54. The van der Waals surface area contributed by atoms with Crippen LogP contribution >= 0.6 is 0 Å². The van der Waals surface area contributed by atoms with Crippen LogP contribution in [0.3, 0.4) is 0 Å². The highest BCUT2D eigenvalue weighted by Crippen LogP contribution is 2.65. The van der Waals surface area contributed by atoms with Gasteiger partial charge in [0.15, 0.2) is 0 Å². The van der Waals surface area contributed by atoms with E-state index in [0.717, 1.165) is 51.4 Å². The second kappa shape index (κ2) is 5.77. The molecule has 0 spiro atoms. The number of ketones is 1. The maximum Gasteiger partial charge on any atom is 0.397 e. The molecule has 0 aromatic carbocycles. The minimum Gasteiger partial charge on any atom is -0.299 e. The Morgan fingerprint density at radius 1 is 1.04 bits per heavy atom. The van der Waals surface area contributed by atoms with Crippen molar-refractivity contribution in [3.63, 3.8) is 0 Å². The van der Waals surface area contributed by atoms with Crippen LogP contribution < -0.4 is 0 Å². The summed E-state index contributed by atoms with van der Waals surface area (Å²) in [6.45, 7) is 4.59. The monoisotopic (exact) mass is 370 g/mol. The summed E-state index contributed by atoms with van der Waals surface area (Å²) in [4.78, 5) is 12.4. The van der Waals surface area contributed by atoms with E-state index in [0.29, 0.717) is 35.9 Å². The Morgan fingerprint density at radius 2 is 1.80 bits per heavy atom. The van der Waals surface area contributed by atoms with Gasteiger partial charge in [0.05, 0.1) is 6.10 Å². The number of hydrogen-bond acceptors (Lipinski definition) is 4. The Hall–Kier alpha value is -0.460. The highest BCUT2D eigenvalue weighted by molar-refractivity contribution is 7.80. The molecule has 142 valence electrons. The molecular weight excluding hydrogens is 340 g/mol. The van der Waals surface area contributed by atoms with Crippen molar-refractivity contribution < 1.29 is 21.9 Å². The fourth-order valence-corrected chi connectivity index (χ4v) is 7.77. The van der Waals surface area contributed by atoms with Gasteiger partial charge < -0.3 is 0 Å². The summed E-state index contributed by atoms with van der Waals surface area (Å²) in [7, 11) is -4.37. The lowest BCUT2D eigenvalue weighted by Gasteiger charge is -2.60. The molecule has 4 aliphatic rings. The van der Waals surface area contributed by atoms with E-state index in [1.165, 1.54) is 0 Å². The van der Waals surface area contributed by atoms with E-state index in [2.05, 4.69) is 13.8 Å². The first-order valence-electron chi connectivity index (χ1n) is 9.82. The number of Topliss-reactive ketones (excluding diaryl/α,β-unsaturated/α-hetero) is 1. The minimum absolute atomic E-state index is 0.0877. The average molecular weight is 371 g/mol. The van der Waals surface area contributed by atoms with Crippen molar-refractivity contribution in [1.82, 2.24) is 0 Å². The molecule has 0 heterocycles. The van der Waals surface area contributed by atoms with E-state index < -0.39 is 10.4 Å². The minimum atomic E-state index is -4.37. The molecule has 1 N–H and O–H groups in total. The number of fused-ring (bicyclic) bond motifs is 5. The van der Waals surface area contributed by atoms with Gasteiger partial charge in [-0.2, -0.15) is 8.42 Å². The van der Waals surface area contributed by atoms with Crippen molar-refractivity contribution >= 4 is 16.2 Å². The summed E-state index contributed by atoms with van der Waals surface area (Å²) in [5, 5.41) is 0. The molecule has 0 aromatic heterocycles. The molecule has 25 heavy (non-hydrogen) atoms. The standard InChI is InChI=1S/C19H30O5S/c1-18-9-7-13(24-25(21,22)23)11-12(18)3-4-14-15-5-6-17(20)19(15,2)10-8-16(14)18/h12-16H,3-11H2,1-2H3,(H,21,22,23)/t12-,13?,14+,15+,16+,18+,19+/m1/s1. The van der Waals surface area contributed by atoms with Crippen molar-refractivity contribution in [2.24, 2.45) is 34.5 Å². The molecule has 0 aromatic rings. The maximum atomic E-state index is 12.4. The van der Waals surface area contributed by atoms with E-state index >= 15 is 0 Å². The average Bonchev–Trinajstić information content (AvgIpc) is 2.82. The van der Waals surface area contributed by atoms with Crippen LogP contribution in [0, 0.1) is 34.5 Å². The van der Waals surface area contributed by atoms with Gasteiger partial charge in [-0.3, -0.25) is 9.35 Å². The van der Waals surface area contributed by atoms with Gasteiger partial charge in [-0.05, 0) is 80.5 Å². The zero-order chi connectivity index (χ0) is 18.0. The first-order chi connectivity index (χ1) is 11.6. The summed E-state index contributed by atoms with van der Waals surface area (Å²) < 4.78 is 36.0. The Bertz CT molecular complexity index is 673. The van der Waals surface area contributed by atoms with Gasteiger partial charge in [0, 0.05) is 11.8 Å². The zero-order valence-electron chi connectivity index (χ0n) is 15.2. The number of rotatable bonds is 2. The molecule has 1 unspecified atom stereocenters. The van der Waals surface area contributed by atoms with Gasteiger partial charge in [0.2, 0.25) is 0 Å². The van der Waals surface area contributed by atoms with E-state index in [-0.39, 0.29) is 16.9 Å². The van der Waals surface area contributed by atoms with Crippen molar-refractivity contribution in [2.75, 3.05) is 0 Å². The van der Waals surface area contributed by atoms with Crippen LogP contribution in [0.4, 0.5) is 0 Å². The molecule has 4 aliphatic carbocycles. The molecule has 5 nitrogen and oxygen atoms in total. The summed E-state index contributed by atoms with van der Waals surface area (Å²) >= 11 is 0. The SMILES string of the molecule is C[C@]12CCC(OS(=O)(=O)O)C[C@H]1CC[C@@H]1[C@@H]2CC[C@]2(C)C(=O)CC[C@@H]12. The molecule has 0 radical (unpaired) electrons. The molecule has 0 saturated heterocycles. The topological polar surface area (TPSA) is 80.7 Å².